The van der Waals surface area contributed by atoms with Crippen LogP contribution in [0.1, 0.15) is 53.9 Å². The van der Waals surface area contributed by atoms with Gasteiger partial charge in [0.1, 0.15) is 5.54 Å². The Balaban J connectivity index is 1.62. The van der Waals surface area contributed by atoms with Crippen LogP contribution < -0.4 is 16.0 Å². The first-order valence-corrected chi connectivity index (χ1v) is 10.6. The van der Waals surface area contributed by atoms with E-state index in [0.29, 0.717) is 23.1 Å². The van der Waals surface area contributed by atoms with E-state index >= 15 is 0 Å². The molecule has 182 valence electrons. The Kier molecular flexibility index (Phi) is 5.83. The van der Waals surface area contributed by atoms with Crippen molar-refractivity contribution >= 4 is 23.5 Å². The fraction of sp³-hybridized carbons (Fsp3) is 0.261. The molecule has 1 aromatic carbocycles. The van der Waals surface area contributed by atoms with Crippen LogP contribution in [0, 0.1) is 0 Å². The van der Waals surface area contributed by atoms with Crippen LogP contribution >= 0.6 is 0 Å². The summed E-state index contributed by atoms with van der Waals surface area (Å²) in [5, 5.41) is 11.7. The normalized spacial score (nSPS) is 17.9. The van der Waals surface area contributed by atoms with Gasteiger partial charge < -0.3 is 10.6 Å². The van der Waals surface area contributed by atoms with Crippen LogP contribution in [0.4, 0.5) is 23.7 Å². The fourth-order valence-corrected chi connectivity index (χ4v) is 3.80. The van der Waals surface area contributed by atoms with Gasteiger partial charge in [0, 0.05) is 11.9 Å². The minimum absolute atomic E-state index is 0.138. The van der Waals surface area contributed by atoms with Gasteiger partial charge in [-0.2, -0.15) is 18.3 Å². The predicted molar refractivity (Wildman–Crippen MR) is 119 cm³/mol. The lowest BCUT2D eigenvalue weighted by atomic mass is 9.92. The zero-order valence-electron chi connectivity index (χ0n) is 18.9. The topological polar surface area (TPSA) is 118 Å². The van der Waals surface area contributed by atoms with Crippen LogP contribution in [0.2, 0.25) is 0 Å². The van der Waals surface area contributed by atoms with E-state index in [0.717, 1.165) is 6.07 Å². The van der Waals surface area contributed by atoms with Crippen LogP contribution in [-0.4, -0.2) is 32.6 Å². The highest BCUT2D eigenvalue weighted by Crippen LogP contribution is 2.30. The van der Waals surface area contributed by atoms with Gasteiger partial charge in [0.25, 0.3) is 11.8 Å². The molecule has 0 bridgehead atoms. The first-order valence-electron chi connectivity index (χ1n) is 10.6. The quantitative estimate of drug-likeness (QED) is 0.475. The fourth-order valence-electron chi connectivity index (χ4n) is 3.80. The molecule has 0 spiro atoms. The number of nitrogens with zero attached hydrogens (tertiary/aromatic N) is 3. The molecule has 1 fully saturated rings. The van der Waals surface area contributed by atoms with Crippen molar-refractivity contribution < 1.29 is 27.6 Å². The first kappa shape index (κ1) is 23.9. The Morgan fingerprint density at radius 2 is 1.89 bits per heavy atom. The van der Waals surface area contributed by atoms with Crippen LogP contribution in [0.25, 0.3) is 5.82 Å². The van der Waals surface area contributed by atoms with Crippen molar-refractivity contribution in [1.82, 2.24) is 25.4 Å². The summed E-state index contributed by atoms with van der Waals surface area (Å²) >= 11 is 0. The van der Waals surface area contributed by atoms with Gasteiger partial charge in [-0.05, 0) is 42.7 Å². The minimum atomic E-state index is -4.52. The molecule has 1 aliphatic rings. The molecule has 2 aromatic heterocycles. The summed E-state index contributed by atoms with van der Waals surface area (Å²) in [5.74, 6) is -1.10. The monoisotopic (exact) mass is 486 g/mol. The number of halogens is 3. The molecule has 3 N–H and O–H groups in total. The summed E-state index contributed by atoms with van der Waals surface area (Å²) in [6, 6.07) is 7.95. The number of pyridine rings is 1. The van der Waals surface area contributed by atoms with Crippen molar-refractivity contribution in [3.05, 3.63) is 71.2 Å². The molecule has 0 aliphatic carbocycles. The van der Waals surface area contributed by atoms with E-state index in [9.17, 15) is 27.6 Å². The zero-order valence-corrected chi connectivity index (χ0v) is 18.9. The average molecular weight is 486 g/mol. The van der Waals surface area contributed by atoms with Crippen molar-refractivity contribution in [2.75, 3.05) is 5.32 Å². The van der Waals surface area contributed by atoms with E-state index in [1.165, 1.54) is 16.9 Å². The van der Waals surface area contributed by atoms with Crippen molar-refractivity contribution in [3.63, 3.8) is 0 Å². The van der Waals surface area contributed by atoms with Gasteiger partial charge in [0.05, 0.1) is 23.0 Å². The summed E-state index contributed by atoms with van der Waals surface area (Å²) < 4.78 is 40.0. The maximum atomic E-state index is 13.1. The van der Waals surface area contributed by atoms with Crippen LogP contribution in [0.5, 0.6) is 0 Å². The number of carbonyl (C=O) groups is 3. The molecule has 4 amide bonds. The number of imide groups is 1. The van der Waals surface area contributed by atoms with Gasteiger partial charge in [-0.25, -0.2) is 14.5 Å². The van der Waals surface area contributed by atoms with E-state index in [4.69, 9.17) is 0 Å². The summed E-state index contributed by atoms with van der Waals surface area (Å²) in [5.41, 5.74) is -0.672. The Morgan fingerprint density at radius 3 is 2.46 bits per heavy atom. The highest BCUT2D eigenvalue weighted by Gasteiger charge is 2.43. The SMILES string of the molecule is CC(C)c1c(C(=O)Nc2cccc(C3(C)NC(=O)NC3=O)c2)cnn1-c1ccc(C(F)(F)F)cn1. The largest absolute Gasteiger partial charge is 0.417 e. The predicted octanol–water partition coefficient (Wildman–Crippen LogP) is 3.72. The number of aromatic nitrogens is 3. The third kappa shape index (κ3) is 4.46. The summed E-state index contributed by atoms with van der Waals surface area (Å²) in [6.45, 7) is 5.18. The molecule has 4 rings (SSSR count). The zero-order chi connectivity index (χ0) is 25.5. The van der Waals surface area contributed by atoms with E-state index < -0.39 is 35.1 Å². The number of urea groups is 1. The molecule has 9 nitrogen and oxygen atoms in total. The minimum Gasteiger partial charge on any atom is -0.322 e. The third-order valence-corrected chi connectivity index (χ3v) is 5.63. The second kappa shape index (κ2) is 8.53. The van der Waals surface area contributed by atoms with Crippen molar-refractivity contribution in [1.29, 1.82) is 0 Å². The number of hydrogen-bond acceptors (Lipinski definition) is 5. The van der Waals surface area contributed by atoms with E-state index in [2.05, 4.69) is 26.0 Å². The molecule has 1 unspecified atom stereocenters. The number of alkyl halides is 3. The number of rotatable bonds is 5. The highest BCUT2D eigenvalue weighted by molar-refractivity contribution is 6.08. The lowest BCUT2D eigenvalue weighted by Crippen LogP contribution is -2.40. The Bertz CT molecular complexity index is 1320. The molecular formula is C23H21F3N6O3. The molecule has 1 aliphatic heterocycles. The molecule has 1 atom stereocenters. The molecule has 0 radical (unpaired) electrons. The standard InChI is InChI=1S/C23H21F3N6O3/c1-12(2)18-16(11-28-32(18)17-8-7-14(10-27-17)23(24,25)26)19(33)29-15-6-4-5-13(9-15)22(3)20(34)30-21(35)31-22/h4-12H,1-3H3,(H,29,33)(H2,30,31,34,35). The van der Waals surface area contributed by atoms with Crippen molar-refractivity contribution in [2.24, 2.45) is 0 Å². The number of carbonyl (C=O) groups excluding carboxylic acids is 3. The molecular weight excluding hydrogens is 465 g/mol. The number of nitrogens with one attached hydrogen (secondary N) is 3. The Labute approximate surface area is 197 Å². The van der Waals surface area contributed by atoms with Crippen LogP contribution in [0.3, 0.4) is 0 Å². The van der Waals surface area contributed by atoms with E-state index in [1.807, 2.05) is 13.8 Å². The average Bonchev–Trinajstić information content (AvgIpc) is 3.35. The molecule has 1 saturated heterocycles. The Morgan fingerprint density at radius 1 is 1.14 bits per heavy atom. The van der Waals surface area contributed by atoms with Gasteiger partial charge in [0.15, 0.2) is 5.82 Å². The lowest BCUT2D eigenvalue weighted by molar-refractivity contribution is -0.137. The summed E-state index contributed by atoms with van der Waals surface area (Å²) in [6.07, 6.45) is -2.49. The smallest absolute Gasteiger partial charge is 0.322 e. The van der Waals surface area contributed by atoms with Gasteiger partial charge in [-0.3, -0.25) is 14.9 Å². The summed E-state index contributed by atoms with van der Waals surface area (Å²) in [4.78, 5) is 40.8. The van der Waals surface area contributed by atoms with Crippen LogP contribution in [-0.2, 0) is 16.5 Å². The maximum Gasteiger partial charge on any atom is 0.417 e. The number of amides is 4. The second-order valence-electron chi connectivity index (χ2n) is 8.48. The van der Waals surface area contributed by atoms with Gasteiger partial charge in [-0.15, -0.1) is 0 Å². The van der Waals surface area contributed by atoms with Gasteiger partial charge in [0.2, 0.25) is 0 Å². The maximum absolute atomic E-state index is 13.1. The first-order chi connectivity index (χ1) is 16.4. The van der Waals surface area contributed by atoms with Crippen molar-refractivity contribution in [3.8, 4) is 5.82 Å². The van der Waals surface area contributed by atoms with E-state index in [1.54, 1.807) is 31.2 Å². The van der Waals surface area contributed by atoms with Crippen molar-refractivity contribution in [2.45, 2.75) is 38.4 Å². The lowest BCUT2D eigenvalue weighted by Gasteiger charge is -2.21. The third-order valence-electron chi connectivity index (χ3n) is 5.63. The second-order valence-corrected chi connectivity index (χ2v) is 8.48. The highest BCUT2D eigenvalue weighted by atomic mass is 19.4. The van der Waals surface area contributed by atoms with Gasteiger partial charge in [-0.1, -0.05) is 26.0 Å². The molecule has 35 heavy (non-hydrogen) atoms. The van der Waals surface area contributed by atoms with Gasteiger partial charge >= 0.3 is 12.2 Å². The number of benzene rings is 1. The van der Waals surface area contributed by atoms with Crippen LogP contribution in [0.15, 0.2) is 48.8 Å². The molecule has 3 aromatic rings. The summed E-state index contributed by atoms with van der Waals surface area (Å²) in [7, 11) is 0. The Hall–Kier alpha value is -4.22. The number of hydrogen-bond donors (Lipinski definition) is 3. The van der Waals surface area contributed by atoms with E-state index in [-0.39, 0.29) is 17.3 Å². The number of anilines is 1. The molecule has 0 saturated carbocycles. The molecule has 12 heteroatoms. The molecule has 3 heterocycles.